The van der Waals surface area contributed by atoms with Crippen LogP contribution in [0.4, 0.5) is 0 Å². The molecule has 1 aromatic carbocycles. The molecule has 4 aliphatic rings. The van der Waals surface area contributed by atoms with Gasteiger partial charge in [-0.1, -0.05) is 46.8 Å². The lowest BCUT2D eigenvalue weighted by molar-refractivity contribution is -0.337. The van der Waals surface area contributed by atoms with Gasteiger partial charge in [0.2, 0.25) is 0 Å². The van der Waals surface area contributed by atoms with Crippen LogP contribution in [0.15, 0.2) is 24.3 Å². The van der Waals surface area contributed by atoms with Gasteiger partial charge in [0.05, 0.1) is 19.3 Å². The van der Waals surface area contributed by atoms with Crippen molar-refractivity contribution in [3.8, 4) is 5.75 Å². The standard InChI is InChI=1S/C54H81NO17/c1-31(56)65-28-40-39(19-25-53(40,11)52(10)24-20-43-50(7,8)44(67-33(3)58)21-23-51(43,9)30-52)54(12,22-14-26-55-41(48(63)64-13)27-37-15-17-38(62)18-16-37)72-49-47(70-36(6)61)46(69-35(5)60)45(68-34(4)59)42(71-49)29-66-32(2)57/h15-18,39-47,49,55,62H,14,19-30H2,1-13H3/t39?,40-,41-,42-,43?,44+,45-,46+,47?,49-,51-,52-,53-,54?/m1/s1. The van der Waals surface area contributed by atoms with Gasteiger partial charge in [0.1, 0.15) is 30.6 Å². The van der Waals surface area contributed by atoms with Crippen molar-refractivity contribution in [3.63, 3.8) is 0 Å². The minimum absolute atomic E-state index is 0.0685. The Hall–Kier alpha value is -4.81. The molecule has 18 nitrogen and oxygen atoms in total. The third-order valence-corrected chi connectivity index (χ3v) is 17.0. The summed E-state index contributed by atoms with van der Waals surface area (Å²) < 4.78 is 53.8. The Bertz CT molecular complexity index is 2110. The summed E-state index contributed by atoms with van der Waals surface area (Å²) in [5, 5.41) is 13.2. The summed E-state index contributed by atoms with van der Waals surface area (Å²) in [6.07, 6.45) is -0.732. The van der Waals surface area contributed by atoms with Gasteiger partial charge in [-0.25, -0.2) is 0 Å². The van der Waals surface area contributed by atoms with E-state index in [0.717, 1.165) is 57.9 Å². The van der Waals surface area contributed by atoms with E-state index < -0.39 is 90.2 Å². The number of carbonyl (C=O) groups is 7. The summed E-state index contributed by atoms with van der Waals surface area (Å²) in [4.78, 5) is 88.9. The third kappa shape index (κ3) is 13.5. The topological polar surface area (TPSA) is 235 Å². The van der Waals surface area contributed by atoms with Crippen LogP contribution in [0, 0.1) is 39.4 Å². The monoisotopic (exact) mass is 1020 g/mol. The number of aromatic hydroxyl groups is 1. The van der Waals surface area contributed by atoms with E-state index in [4.69, 9.17) is 42.6 Å². The molecule has 1 aromatic rings. The van der Waals surface area contributed by atoms with Gasteiger partial charge in [0.15, 0.2) is 24.6 Å². The van der Waals surface area contributed by atoms with E-state index in [9.17, 15) is 38.7 Å². The van der Waals surface area contributed by atoms with E-state index in [1.54, 1.807) is 24.3 Å². The highest BCUT2D eigenvalue weighted by atomic mass is 16.7. The first-order chi connectivity index (χ1) is 33.6. The Labute approximate surface area is 424 Å². The van der Waals surface area contributed by atoms with Gasteiger partial charge >= 0.3 is 41.8 Å². The normalized spacial score (nSPS) is 33.2. The number of benzene rings is 1. The van der Waals surface area contributed by atoms with Gasteiger partial charge in [-0.05, 0) is 123 Å². The molecule has 18 heteroatoms. The van der Waals surface area contributed by atoms with Crippen molar-refractivity contribution in [2.75, 3.05) is 26.9 Å². The summed E-state index contributed by atoms with van der Waals surface area (Å²) in [5.41, 5.74) is -1.51. The second-order valence-electron chi connectivity index (χ2n) is 22.4. The maximum absolute atomic E-state index is 13.1. The highest BCUT2D eigenvalue weighted by molar-refractivity contribution is 5.76. The van der Waals surface area contributed by atoms with Crippen LogP contribution >= 0.6 is 0 Å². The average molecular weight is 1020 g/mol. The van der Waals surface area contributed by atoms with Crippen molar-refractivity contribution < 1.29 is 81.3 Å². The van der Waals surface area contributed by atoms with Crippen LogP contribution in [0.1, 0.15) is 146 Å². The predicted octanol–water partition coefficient (Wildman–Crippen LogP) is 6.86. The van der Waals surface area contributed by atoms with Crippen LogP contribution < -0.4 is 5.32 Å². The molecule has 2 N–H and O–H groups in total. The predicted molar refractivity (Wildman–Crippen MR) is 259 cm³/mol. The molecule has 5 rings (SSSR count). The summed E-state index contributed by atoms with van der Waals surface area (Å²) in [6, 6.07) is 5.81. The Balaban J connectivity index is 1.58. The molecule has 3 saturated carbocycles. The molecule has 0 bridgehead atoms. The Kier molecular flexibility index (Phi) is 19.0. The molecular weight excluding hydrogens is 935 g/mol. The molecule has 0 aromatic heterocycles. The van der Waals surface area contributed by atoms with Crippen molar-refractivity contribution in [2.24, 2.45) is 39.4 Å². The van der Waals surface area contributed by atoms with Crippen LogP contribution in [0.3, 0.4) is 0 Å². The number of fused-ring (bicyclic) bond motifs is 1. The third-order valence-electron chi connectivity index (χ3n) is 17.0. The number of rotatable bonds is 20. The minimum atomic E-state index is -1.50. The zero-order chi connectivity index (χ0) is 53.6. The van der Waals surface area contributed by atoms with E-state index in [1.807, 2.05) is 6.92 Å². The first kappa shape index (κ1) is 58.1. The number of esters is 7. The van der Waals surface area contributed by atoms with Crippen LogP contribution in [0.5, 0.6) is 5.75 Å². The van der Waals surface area contributed by atoms with Gasteiger partial charge in [-0.2, -0.15) is 0 Å². The summed E-state index contributed by atoms with van der Waals surface area (Å²) >= 11 is 0. The summed E-state index contributed by atoms with van der Waals surface area (Å²) in [5.74, 6) is -4.48. The Morgan fingerprint density at radius 2 is 1.32 bits per heavy atom. The van der Waals surface area contributed by atoms with Crippen molar-refractivity contribution in [2.45, 2.75) is 196 Å². The van der Waals surface area contributed by atoms with Crippen LogP contribution in [-0.2, 0) is 82.6 Å². The largest absolute Gasteiger partial charge is 0.508 e. The molecule has 1 saturated heterocycles. The Morgan fingerprint density at radius 3 is 1.90 bits per heavy atom. The lowest BCUT2D eigenvalue weighted by Crippen LogP contribution is -2.64. The highest BCUT2D eigenvalue weighted by Gasteiger charge is 2.65. The smallest absolute Gasteiger partial charge is 0.323 e. The van der Waals surface area contributed by atoms with Crippen molar-refractivity contribution in [1.29, 1.82) is 0 Å². The molecule has 3 aliphatic carbocycles. The quantitative estimate of drug-likeness (QED) is 0.0771. The van der Waals surface area contributed by atoms with Gasteiger partial charge in [0, 0.05) is 52.9 Å². The molecule has 1 aliphatic heterocycles. The van der Waals surface area contributed by atoms with Crippen LogP contribution in [-0.4, -0.2) is 122 Å². The number of hydrogen-bond donors (Lipinski definition) is 2. The fourth-order valence-corrected chi connectivity index (χ4v) is 13.5. The molecule has 4 fully saturated rings. The van der Waals surface area contributed by atoms with Gasteiger partial charge in [0.25, 0.3) is 0 Å². The first-order valence-corrected chi connectivity index (χ1v) is 25.5. The number of hydrogen-bond acceptors (Lipinski definition) is 18. The average Bonchev–Trinajstić information content (AvgIpc) is 3.64. The maximum Gasteiger partial charge on any atom is 0.323 e. The maximum atomic E-state index is 13.1. The lowest BCUT2D eigenvalue weighted by Gasteiger charge is -2.63. The molecular formula is C54H81NO17. The summed E-state index contributed by atoms with van der Waals surface area (Å²) in [6.45, 7) is 20.8. The van der Waals surface area contributed by atoms with Gasteiger partial charge < -0.3 is 53.1 Å². The zero-order valence-corrected chi connectivity index (χ0v) is 44.8. The van der Waals surface area contributed by atoms with Crippen molar-refractivity contribution >= 4 is 41.8 Å². The van der Waals surface area contributed by atoms with Gasteiger partial charge in [-0.15, -0.1) is 0 Å². The molecule has 0 amide bonds. The molecule has 404 valence electrons. The number of ether oxygens (including phenoxy) is 9. The molecule has 1 heterocycles. The fourth-order valence-electron chi connectivity index (χ4n) is 13.5. The van der Waals surface area contributed by atoms with Crippen LogP contribution in [0.25, 0.3) is 0 Å². The number of phenols is 1. The Morgan fingerprint density at radius 1 is 0.736 bits per heavy atom. The van der Waals surface area contributed by atoms with E-state index in [2.05, 4.69) is 39.9 Å². The molecule has 72 heavy (non-hydrogen) atoms. The van der Waals surface area contributed by atoms with Crippen LogP contribution in [0.2, 0.25) is 0 Å². The molecule has 4 unspecified atom stereocenters. The van der Waals surface area contributed by atoms with E-state index >= 15 is 0 Å². The highest BCUT2D eigenvalue weighted by Crippen LogP contribution is 2.70. The number of methoxy groups -OCH3 is 1. The molecule has 0 radical (unpaired) electrons. The second kappa shape index (κ2) is 23.6. The molecule has 14 atom stereocenters. The first-order valence-electron chi connectivity index (χ1n) is 25.5. The fraction of sp³-hybridized carbons (Fsp3) is 0.759. The molecule has 0 spiro atoms. The number of phenolic OH excluding ortho intramolecular Hbond substituents is 1. The number of carbonyl (C=O) groups excluding carboxylic acids is 7. The van der Waals surface area contributed by atoms with E-state index in [-0.39, 0.29) is 64.8 Å². The SMILES string of the molecule is COC(=O)[C@@H](Cc1ccc(O)cc1)NCCCC(C)(O[C@H]1O[C@H](COC(C)=O)[C@@H](OC(C)=O)[C@H](OC(C)=O)C1OC(C)=O)C1CC[C@@](C)([C@]2(C)CCC3C(C)(C)[C@@H](OC(C)=O)CC[C@]3(C)C2)[C@@H]1COC(C)=O. The van der Waals surface area contributed by atoms with Crippen molar-refractivity contribution in [3.05, 3.63) is 29.8 Å². The summed E-state index contributed by atoms with van der Waals surface area (Å²) in [7, 11) is 1.31. The zero-order valence-electron chi connectivity index (χ0n) is 44.8. The minimum Gasteiger partial charge on any atom is -0.508 e. The van der Waals surface area contributed by atoms with E-state index in [0.29, 0.717) is 25.8 Å². The van der Waals surface area contributed by atoms with Crippen molar-refractivity contribution in [1.82, 2.24) is 5.32 Å². The van der Waals surface area contributed by atoms with Gasteiger partial charge in [-0.3, -0.25) is 33.6 Å². The number of nitrogens with one attached hydrogen (secondary N) is 1. The second-order valence-corrected chi connectivity index (χ2v) is 22.4. The van der Waals surface area contributed by atoms with E-state index in [1.165, 1.54) is 34.8 Å². The lowest BCUT2D eigenvalue weighted by atomic mass is 9.42.